The van der Waals surface area contributed by atoms with Crippen LogP contribution in [0.1, 0.15) is 12.0 Å². The molecule has 0 bridgehead atoms. The summed E-state index contributed by atoms with van der Waals surface area (Å²) >= 11 is 5.42. The summed E-state index contributed by atoms with van der Waals surface area (Å²) in [6, 6.07) is 2.22. The summed E-state index contributed by atoms with van der Waals surface area (Å²) in [6.45, 7) is -0.291. The Labute approximate surface area is 136 Å². The first-order chi connectivity index (χ1) is 10.6. The number of halogens is 4. The molecule has 1 rings (SSSR count). The number of rotatable bonds is 6. The molecular formula is C13H12ClF3N2O3S. The van der Waals surface area contributed by atoms with Gasteiger partial charge in [0, 0.05) is 13.0 Å². The molecule has 23 heavy (non-hydrogen) atoms. The lowest BCUT2D eigenvalue weighted by Gasteiger charge is -2.12. The third-order valence-corrected chi connectivity index (χ3v) is 4.37. The zero-order valence-electron chi connectivity index (χ0n) is 11.6. The van der Waals surface area contributed by atoms with Gasteiger partial charge in [-0.2, -0.15) is 13.2 Å². The first-order valence-electron chi connectivity index (χ1n) is 6.14. The Balaban J connectivity index is 2.82. The third-order valence-electron chi connectivity index (χ3n) is 2.59. The van der Waals surface area contributed by atoms with Crippen molar-refractivity contribution in [2.75, 3.05) is 13.1 Å². The maximum atomic E-state index is 12.7. The quantitative estimate of drug-likeness (QED) is 0.751. The van der Waals surface area contributed by atoms with E-state index in [1.165, 1.54) is 0 Å². The molecule has 0 heterocycles. The number of carbonyl (C=O) groups is 1. The highest BCUT2D eigenvalue weighted by Crippen LogP contribution is 2.35. The van der Waals surface area contributed by atoms with Gasteiger partial charge in [-0.1, -0.05) is 17.5 Å². The maximum Gasteiger partial charge on any atom is 0.417 e. The van der Waals surface area contributed by atoms with Gasteiger partial charge in [-0.15, -0.1) is 6.42 Å². The van der Waals surface area contributed by atoms with Gasteiger partial charge in [0.15, 0.2) is 0 Å². The number of benzene rings is 1. The van der Waals surface area contributed by atoms with E-state index in [-0.39, 0.29) is 19.5 Å². The molecule has 0 unspecified atom stereocenters. The minimum atomic E-state index is -4.78. The number of hydrogen-bond donors (Lipinski definition) is 2. The van der Waals surface area contributed by atoms with Crippen LogP contribution in [0.4, 0.5) is 13.2 Å². The molecule has 0 aromatic heterocycles. The number of sulfonamides is 1. The molecule has 0 atom stereocenters. The minimum Gasteiger partial charge on any atom is -0.345 e. The first kappa shape index (κ1) is 19.3. The standard InChI is InChI=1S/C13H12ClF3N2O3S/c1-2-6-18-12(20)5-7-19-23(21,22)9-3-4-11(14)10(8-9)13(15,16)17/h1,3-4,8,19H,5-7H2,(H,18,20). The van der Waals surface area contributed by atoms with Crippen LogP contribution in [0.3, 0.4) is 0 Å². The largest absolute Gasteiger partial charge is 0.417 e. The van der Waals surface area contributed by atoms with Gasteiger partial charge < -0.3 is 5.32 Å². The van der Waals surface area contributed by atoms with Gasteiger partial charge in [0.05, 0.1) is 22.0 Å². The van der Waals surface area contributed by atoms with Crippen molar-refractivity contribution >= 4 is 27.5 Å². The molecule has 0 radical (unpaired) electrons. The second kappa shape index (κ2) is 7.68. The SMILES string of the molecule is C#CCNC(=O)CCNS(=O)(=O)c1ccc(Cl)c(C(F)(F)F)c1. The molecule has 1 amide bonds. The minimum absolute atomic E-state index is 0.00227. The highest BCUT2D eigenvalue weighted by atomic mass is 35.5. The van der Waals surface area contributed by atoms with Gasteiger partial charge in [-0.05, 0) is 18.2 Å². The molecule has 2 N–H and O–H groups in total. The summed E-state index contributed by atoms with van der Waals surface area (Å²) in [4.78, 5) is 10.6. The molecule has 0 aliphatic carbocycles. The summed E-state index contributed by atoms with van der Waals surface area (Å²) in [5.41, 5.74) is -1.26. The van der Waals surface area contributed by atoms with Crippen LogP contribution in [-0.4, -0.2) is 27.4 Å². The molecule has 0 saturated carbocycles. The summed E-state index contributed by atoms with van der Waals surface area (Å²) in [5, 5.41) is 1.71. The predicted octanol–water partition coefficient (Wildman–Crippen LogP) is 1.78. The second-order valence-corrected chi connectivity index (χ2v) is 6.44. The van der Waals surface area contributed by atoms with E-state index < -0.39 is 37.6 Å². The number of carbonyl (C=O) groups excluding carboxylic acids is 1. The number of nitrogens with one attached hydrogen (secondary N) is 2. The molecule has 0 saturated heterocycles. The molecule has 10 heteroatoms. The van der Waals surface area contributed by atoms with Crippen molar-refractivity contribution in [2.24, 2.45) is 0 Å². The second-order valence-electron chi connectivity index (χ2n) is 4.27. The molecule has 0 aliphatic heterocycles. The molecule has 126 valence electrons. The van der Waals surface area contributed by atoms with Crippen LogP contribution in [0.5, 0.6) is 0 Å². The Morgan fingerprint density at radius 1 is 1.35 bits per heavy atom. The van der Waals surface area contributed by atoms with Crippen molar-refractivity contribution in [1.82, 2.24) is 10.0 Å². The topological polar surface area (TPSA) is 75.3 Å². The Morgan fingerprint density at radius 2 is 2.00 bits per heavy atom. The maximum absolute atomic E-state index is 12.7. The molecule has 0 spiro atoms. The zero-order valence-corrected chi connectivity index (χ0v) is 13.1. The lowest BCUT2D eigenvalue weighted by molar-refractivity contribution is -0.137. The van der Waals surface area contributed by atoms with Crippen molar-refractivity contribution in [1.29, 1.82) is 0 Å². The van der Waals surface area contributed by atoms with Crippen molar-refractivity contribution < 1.29 is 26.4 Å². The highest BCUT2D eigenvalue weighted by molar-refractivity contribution is 7.89. The lowest BCUT2D eigenvalue weighted by atomic mass is 10.2. The number of hydrogen-bond acceptors (Lipinski definition) is 3. The fraction of sp³-hybridized carbons (Fsp3) is 0.308. The molecule has 1 aromatic rings. The Bertz CT molecular complexity index is 727. The van der Waals surface area contributed by atoms with E-state index in [2.05, 4.69) is 11.2 Å². The van der Waals surface area contributed by atoms with Crippen molar-refractivity contribution in [3.8, 4) is 12.3 Å². The van der Waals surface area contributed by atoms with E-state index in [0.29, 0.717) is 6.07 Å². The van der Waals surface area contributed by atoms with Crippen LogP contribution in [0.25, 0.3) is 0 Å². The summed E-state index contributed by atoms with van der Waals surface area (Å²) in [6.07, 6.45) is -0.0545. The number of terminal acetylenes is 1. The van der Waals surface area contributed by atoms with E-state index in [9.17, 15) is 26.4 Å². The van der Waals surface area contributed by atoms with E-state index in [0.717, 1.165) is 12.1 Å². The average molecular weight is 369 g/mol. The van der Waals surface area contributed by atoms with Gasteiger partial charge in [0.1, 0.15) is 0 Å². The average Bonchev–Trinajstić information content (AvgIpc) is 2.43. The normalized spacial score (nSPS) is 11.8. The number of alkyl halides is 3. The molecular weight excluding hydrogens is 357 g/mol. The van der Waals surface area contributed by atoms with Crippen molar-refractivity contribution in [3.05, 3.63) is 28.8 Å². The molecule has 0 fully saturated rings. The van der Waals surface area contributed by atoms with Crippen molar-refractivity contribution in [2.45, 2.75) is 17.5 Å². The van der Waals surface area contributed by atoms with Gasteiger partial charge in [-0.3, -0.25) is 4.79 Å². The van der Waals surface area contributed by atoms with Gasteiger partial charge in [-0.25, -0.2) is 13.1 Å². The van der Waals surface area contributed by atoms with Crippen LogP contribution in [0, 0.1) is 12.3 Å². The number of amides is 1. The van der Waals surface area contributed by atoms with Crippen LogP contribution >= 0.6 is 11.6 Å². The van der Waals surface area contributed by atoms with Gasteiger partial charge in [0.2, 0.25) is 15.9 Å². The van der Waals surface area contributed by atoms with E-state index in [1.807, 2.05) is 4.72 Å². The molecule has 0 aliphatic rings. The van der Waals surface area contributed by atoms with E-state index in [1.54, 1.807) is 0 Å². The third kappa shape index (κ3) is 5.74. The Hall–Kier alpha value is -1.76. The van der Waals surface area contributed by atoms with Crippen molar-refractivity contribution in [3.63, 3.8) is 0 Å². The zero-order chi connectivity index (χ0) is 17.7. The highest BCUT2D eigenvalue weighted by Gasteiger charge is 2.34. The summed E-state index contributed by atoms with van der Waals surface area (Å²) < 4.78 is 64.1. The molecule has 1 aromatic carbocycles. The van der Waals surface area contributed by atoms with E-state index >= 15 is 0 Å². The Kier molecular flexibility index (Phi) is 6.44. The first-order valence-corrected chi connectivity index (χ1v) is 8.00. The smallest absolute Gasteiger partial charge is 0.345 e. The van der Waals surface area contributed by atoms with E-state index in [4.69, 9.17) is 18.0 Å². The Morgan fingerprint density at radius 3 is 2.57 bits per heavy atom. The fourth-order valence-corrected chi connectivity index (χ4v) is 2.79. The van der Waals surface area contributed by atoms with Crippen LogP contribution in [0.2, 0.25) is 5.02 Å². The summed E-state index contributed by atoms with van der Waals surface area (Å²) in [7, 11) is -4.20. The summed E-state index contributed by atoms with van der Waals surface area (Å²) in [5.74, 6) is 1.68. The van der Waals surface area contributed by atoms with Crippen LogP contribution < -0.4 is 10.0 Å². The molecule has 5 nitrogen and oxygen atoms in total. The van der Waals surface area contributed by atoms with Crippen LogP contribution in [-0.2, 0) is 21.0 Å². The lowest BCUT2D eigenvalue weighted by Crippen LogP contribution is -2.31. The monoisotopic (exact) mass is 368 g/mol. The fourth-order valence-electron chi connectivity index (χ4n) is 1.51. The van der Waals surface area contributed by atoms with Gasteiger partial charge in [0.25, 0.3) is 0 Å². The van der Waals surface area contributed by atoms with Crippen LogP contribution in [0.15, 0.2) is 23.1 Å². The predicted molar refractivity (Wildman–Crippen MR) is 78.1 cm³/mol. The van der Waals surface area contributed by atoms with Gasteiger partial charge >= 0.3 is 6.18 Å².